The van der Waals surface area contributed by atoms with Crippen molar-refractivity contribution in [2.24, 2.45) is 0 Å². The number of fused-ring (bicyclic) bond motifs is 1. The normalized spacial score (nSPS) is 15.7. The van der Waals surface area contributed by atoms with Crippen LogP contribution in [-0.4, -0.2) is 82.1 Å². The highest BCUT2D eigenvalue weighted by Gasteiger charge is 2.30. The van der Waals surface area contributed by atoms with E-state index in [9.17, 15) is 13.2 Å². The minimum absolute atomic E-state index is 0.0425. The van der Waals surface area contributed by atoms with Crippen LogP contribution in [0.15, 0.2) is 22.0 Å². The van der Waals surface area contributed by atoms with Crippen LogP contribution in [0.3, 0.4) is 0 Å². The number of hydrogen-bond donors (Lipinski definition) is 2. The zero-order valence-electron chi connectivity index (χ0n) is 19.8. The lowest BCUT2D eigenvalue weighted by Crippen LogP contribution is -2.48. The summed E-state index contributed by atoms with van der Waals surface area (Å²) in [5.41, 5.74) is 1.29. The summed E-state index contributed by atoms with van der Waals surface area (Å²) in [7, 11) is -3.77. The molecule has 3 aromatic heterocycles. The van der Waals surface area contributed by atoms with Gasteiger partial charge in [-0.1, -0.05) is 27.2 Å². The van der Waals surface area contributed by atoms with Crippen LogP contribution in [0.4, 0.5) is 0 Å². The molecular weight excluding hydrogens is 458 g/mol. The summed E-state index contributed by atoms with van der Waals surface area (Å²) < 4.78 is 34.1. The fraction of sp³-hybridized carbons (Fsp3) is 0.545. The van der Waals surface area contributed by atoms with Gasteiger partial charge < -0.3 is 14.6 Å². The third-order valence-corrected chi connectivity index (χ3v) is 7.94. The van der Waals surface area contributed by atoms with E-state index >= 15 is 0 Å². The molecule has 4 heterocycles. The Balaban J connectivity index is 1.78. The smallest absolute Gasteiger partial charge is 0.279 e. The Hall–Kier alpha value is -2.83. The minimum Gasteiger partial charge on any atom is -0.477 e. The maximum Gasteiger partial charge on any atom is 0.279 e. The van der Waals surface area contributed by atoms with E-state index in [0.717, 1.165) is 25.1 Å². The maximum absolute atomic E-state index is 13.4. The molecule has 0 radical (unpaired) electrons. The van der Waals surface area contributed by atoms with Gasteiger partial charge in [0, 0.05) is 26.2 Å². The summed E-state index contributed by atoms with van der Waals surface area (Å²) in [4.78, 5) is 26.6. The molecule has 1 fully saturated rings. The summed E-state index contributed by atoms with van der Waals surface area (Å²) in [6.07, 6.45) is 3.68. The highest BCUT2D eigenvalue weighted by molar-refractivity contribution is 7.89. The Bertz CT molecular complexity index is 1310. The first-order chi connectivity index (χ1) is 16.4. The Morgan fingerprint density at radius 2 is 1.88 bits per heavy atom. The van der Waals surface area contributed by atoms with Crippen molar-refractivity contribution in [3.63, 3.8) is 0 Å². The van der Waals surface area contributed by atoms with E-state index in [1.54, 1.807) is 0 Å². The van der Waals surface area contributed by atoms with Crippen molar-refractivity contribution in [1.82, 2.24) is 34.4 Å². The molecule has 0 aromatic carbocycles. The molecule has 34 heavy (non-hydrogen) atoms. The fourth-order valence-corrected chi connectivity index (χ4v) is 5.33. The Labute approximate surface area is 198 Å². The van der Waals surface area contributed by atoms with Gasteiger partial charge in [0.2, 0.25) is 15.9 Å². The second-order valence-corrected chi connectivity index (χ2v) is 10.2. The van der Waals surface area contributed by atoms with Crippen LogP contribution in [-0.2, 0) is 16.4 Å². The van der Waals surface area contributed by atoms with E-state index in [-0.39, 0.29) is 22.1 Å². The van der Waals surface area contributed by atoms with Gasteiger partial charge in [-0.2, -0.15) is 9.40 Å². The molecule has 4 rings (SSSR count). The number of nitrogens with one attached hydrogen (secondary N) is 2. The predicted molar refractivity (Wildman–Crippen MR) is 128 cm³/mol. The number of ether oxygens (including phenoxy) is 1. The van der Waals surface area contributed by atoms with E-state index in [1.165, 1.54) is 16.6 Å². The van der Waals surface area contributed by atoms with Crippen molar-refractivity contribution in [2.75, 3.05) is 39.3 Å². The van der Waals surface area contributed by atoms with Gasteiger partial charge in [0.15, 0.2) is 5.52 Å². The molecule has 184 valence electrons. The van der Waals surface area contributed by atoms with E-state index < -0.39 is 15.6 Å². The number of rotatable bonds is 9. The summed E-state index contributed by atoms with van der Waals surface area (Å²) in [5, 5.41) is 6.89. The molecule has 11 nitrogen and oxygen atoms in total. The second kappa shape index (κ2) is 10.2. The van der Waals surface area contributed by atoms with Crippen molar-refractivity contribution < 1.29 is 13.2 Å². The molecule has 2 N–H and O–H groups in total. The predicted octanol–water partition coefficient (Wildman–Crippen LogP) is 1.78. The van der Waals surface area contributed by atoms with Crippen LogP contribution in [0.25, 0.3) is 22.4 Å². The third kappa shape index (κ3) is 4.70. The molecule has 1 aliphatic rings. The van der Waals surface area contributed by atoms with Crippen LogP contribution < -0.4 is 10.3 Å². The van der Waals surface area contributed by atoms with Gasteiger partial charge in [0.25, 0.3) is 5.56 Å². The van der Waals surface area contributed by atoms with Crippen LogP contribution in [0.1, 0.15) is 39.3 Å². The molecule has 12 heteroatoms. The number of nitrogens with zero attached hydrogens (tertiary/aromatic N) is 5. The topological polar surface area (TPSA) is 137 Å². The molecule has 0 bridgehead atoms. The van der Waals surface area contributed by atoms with Gasteiger partial charge in [-0.3, -0.25) is 9.89 Å². The first-order valence-corrected chi connectivity index (χ1v) is 13.2. The summed E-state index contributed by atoms with van der Waals surface area (Å²) in [5.74, 6) is 0.424. The van der Waals surface area contributed by atoms with Crippen LogP contribution in [0.2, 0.25) is 0 Å². The Morgan fingerprint density at radius 3 is 2.56 bits per heavy atom. The number of piperazine rings is 1. The molecule has 3 aromatic rings. The number of likely N-dealkylation sites (N-methyl/N-ethyl adjacent to an activating group) is 1. The molecular formula is C22H31N7O4S. The van der Waals surface area contributed by atoms with Gasteiger partial charge in [-0.15, -0.1) is 0 Å². The average Bonchev–Trinajstić information content (AvgIpc) is 3.28. The number of H-pyrrole nitrogens is 2. The lowest BCUT2D eigenvalue weighted by molar-refractivity contribution is 0.196. The molecule has 0 unspecified atom stereocenters. The van der Waals surface area contributed by atoms with Crippen molar-refractivity contribution in [3.8, 4) is 17.3 Å². The van der Waals surface area contributed by atoms with Crippen LogP contribution in [0, 0.1) is 0 Å². The van der Waals surface area contributed by atoms with Gasteiger partial charge in [0.1, 0.15) is 16.2 Å². The number of hydrogen-bond acceptors (Lipinski definition) is 8. The van der Waals surface area contributed by atoms with Crippen LogP contribution >= 0.6 is 0 Å². The first kappa shape index (κ1) is 24.3. The van der Waals surface area contributed by atoms with Gasteiger partial charge in [-0.05, 0) is 25.5 Å². The number of pyridine rings is 1. The van der Waals surface area contributed by atoms with E-state index in [4.69, 9.17) is 4.74 Å². The number of sulfonamides is 1. The fourth-order valence-electron chi connectivity index (χ4n) is 3.94. The highest BCUT2D eigenvalue weighted by Crippen LogP contribution is 2.30. The van der Waals surface area contributed by atoms with Gasteiger partial charge in [-0.25, -0.2) is 18.4 Å². The maximum atomic E-state index is 13.4. The second-order valence-electron chi connectivity index (χ2n) is 8.23. The van der Waals surface area contributed by atoms with Crippen LogP contribution in [0.5, 0.6) is 5.88 Å². The SMILES string of the molecule is CCCCOc1ncc(S(=O)(=O)N2CCN(CC)CC2)cc1-c1nc2c(CC)[nH]nc2c(=O)[nH]1. The lowest BCUT2D eigenvalue weighted by atomic mass is 10.2. The zero-order valence-corrected chi connectivity index (χ0v) is 20.6. The summed E-state index contributed by atoms with van der Waals surface area (Å²) in [6.45, 7) is 9.53. The molecule has 0 amide bonds. The quantitative estimate of drug-likeness (QED) is 0.434. The van der Waals surface area contributed by atoms with E-state index in [0.29, 0.717) is 50.3 Å². The third-order valence-electron chi connectivity index (χ3n) is 6.07. The number of aryl methyl sites for hydroxylation is 1. The largest absolute Gasteiger partial charge is 0.477 e. The van der Waals surface area contributed by atoms with Gasteiger partial charge in [0.05, 0.1) is 24.1 Å². The highest BCUT2D eigenvalue weighted by atomic mass is 32.2. The monoisotopic (exact) mass is 489 g/mol. The molecule has 0 saturated carbocycles. The molecule has 0 spiro atoms. The first-order valence-electron chi connectivity index (χ1n) is 11.7. The summed E-state index contributed by atoms with van der Waals surface area (Å²) >= 11 is 0. The van der Waals surface area contributed by atoms with Crippen molar-refractivity contribution in [1.29, 1.82) is 0 Å². The lowest BCUT2D eigenvalue weighted by Gasteiger charge is -2.33. The number of unbranched alkanes of at least 4 members (excludes halogenated alkanes) is 1. The number of aromatic nitrogens is 5. The molecule has 0 atom stereocenters. The van der Waals surface area contributed by atoms with Crippen molar-refractivity contribution in [2.45, 2.75) is 44.9 Å². The Kier molecular flexibility index (Phi) is 7.29. The number of aromatic amines is 2. The molecule has 0 aliphatic carbocycles. The van der Waals surface area contributed by atoms with Crippen molar-refractivity contribution >= 4 is 21.1 Å². The standard InChI is InChI=1S/C22H31N7O4S/c1-4-7-12-33-22-16(20-24-18-17(5-2)26-27-19(18)21(30)25-20)13-15(14-23-22)34(31,32)29-10-8-28(6-3)9-11-29/h13-14H,4-12H2,1-3H3,(H,26,27)(H,24,25,30). The molecule has 1 aliphatic heterocycles. The van der Waals surface area contributed by atoms with Crippen molar-refractivity contribution in [3.05, 3.63) is 28.3 Å². The van der Waals surface area contributed by atoms with E-state index in [2.05, 4.69) is 37.0 Å². The zero-order chi connectivity index (χ0) is 24.3. The summed E-state index contributed by atoms with van der Waals surface area (Å²) in [6, 6.07) is 1.49. The molecule has 1 saturated heterocycles. The minimum atomic E-state index is -3.77. The average molecular weight is 490 g/mol. The van der Waals surface area contributed by atoms with Gasteiger partial charge >= 0.3 is 0 Å². The Morgan fingerprint density at radius 1 is 1.12 bits per heavy atom. The van der Waals surface area contributed by atoms with E-state index in [1.807, 2.05) is 13.8 Å².